The molecule has 0 bridgehead atoms. The van der Waals surface area contributed by atoms with E-state index in [1.807, 2.05) is 56.3 Å². The summed E-state index contributed by atoms with van der Waals surface area (Å²) >= 11 is 7.50. The lowest BCUT2D eigenvalue weighted by atomic mass is 10.1. The maximum atomic E-state index is 12.9. The predicted octanol–water partition coefficient (Wildman–Crippen LogP) is 4.97. The number of urea groups is 1. The van der Waals surface area contributed by atoms with Gasteiger partial charge in [0, 0.05) is 57.4 Å². The highest BCUT2D eigenvalue weighted by Gasteiger charge is 2.24. The van der Waals surface area contributed by atoms with Crippen LogP contribution in [-0.2, 0) is 11.3 Å². The molecular formula is C31H32ClN9O3S. The van der Waals surface area contributed by atoms with Gasteiger partial charge in [-0.2, -0.15) is 0 Å². The summed E-state index contributed by atoms with van der Waals surface area (Å²) in [5.41, 5.74) is 3.40. The van der Waals surface area contributed by atoms with E-state index in [2.05, 4.69) is 40.7 Å². The second kappa shape index (κ2) is 13.2. The largest absolute Gasteiger partial charge is 0.354 e. The standard InChI is InChI=1S/C31H32ClN9O3S/c1-19-4-3-5-23(32)28(19)38-29(43)24-17-33-30(45-24)36-25-16-26(35-20(2)34-25)40-14-12-39(13-15-40)18-21-6-8-22(9-7-21)41-11-10-27(42)37-31(41)44/h3-9,16-17H,10-15,18H2,1-2H3,(H,38,43)(H,37,42,44)(H,33,34,35,36). The summed E-state index contributed by atoms with van der Waals surface area (Å²) in [6.45, 7) is 8.26. The molecule has 2 aliphatic rings. The minimum absolute atomic E-state index is 0.239. The fourth-order valence-electron chi connectivity index (χ4n) is 5.27. The molecule has 6 rings (SSSR count). The zero-order valence-corrected chi connectivity index (χ0v) is 26.4. The number of aromatic nitrogens is 3. The minimum Gasteiger partial charge on any atom is -0.354 e. The molecular weight excluding hydrogens is 614 g/mol. The van der Waals surface area contributed by atoms with Gasteiger partial charge < -0.3 is 15.5 Å². The Bertz CT molecular complexity index is 1720. The fraction of sp³-hybridized carbons (Fsp3) is 0.290. The molecule has 232 valence electrons. The zero-order valence-electron chi connectivity index (χ0n) is 24.8. The highest BCUT2D eigenvalue weighted by atomic mass is 35.5. The van der Waals surface area contributed by atoms with E-state index in [1.165, 1.54) is 17.5 Å². The Labute approximate surface area is 269 Å². The number of halogens is 1. The Kier molecular flexibility index (Phi) is 8.92. The third kappa shape index (κ3) is 7.22. The van der Waals surface area contributed by atoms with Crippen molar-refractivity contribution in [2.45, 2.75) is 26.8 Å². The number of piperazine rings is 1. The summed E-state index contributed by atoms with van der Waals surface area (Å²) in [7, 11) is 0. The van der Waals surface area contributed by atoms with E-state index in [0.717, 1.165) is 55.4 Å². The average molecular weight is 646 g/mol. The number of imide groups is 1. The monoisotopic (exact) mass is 645 g/mol. The lowest BCUT2D eigenvalue weighted by Gasteiger charge is -2.35. The maximum Gasteiger partial charge on any atom is 0.328 e. The molecule has 2 aromatic carbocycles. The number of carbonyl (C=O) groups excluding carboxylic acids is 3. The fourth-order valence-corrected chi connectivity index (χ4v) is 6.26. The number of aryl methyl sites for hydroxylation is 2. The number of thiazole rings is 1. The zero-order chi connectivity index (χ0) is 31.5. The van der Waals surface area contributed by atoms with Crippen LogP contribution >= 0.6 is 22.9 Å². The van der Waals surface area contributed by atoms with Crippen LogP contribution in [0.1, 0.15) is 33.0 Å². The average Bonchev–Trinajstić information content (AvgIpc) is 3.48. The van der Waals surface area contributed by atoms with Crippen LogP contribution in [0, 0.1) is 13.8 Å². The summed E-state index contributed by atoms with van der Waals surface area (Å²) in [6, 6.07) is 14.9. The van der Waals surface area contributed by atoms with Crippen LogP contribution in [0.3, 0.4) is 0 Å². The molecule has 0 spiro atoms. The minimum atomic E-state index is -0.378. The van der Waals surface area contributed by atoms with Crippen molar-refractivity contribution in [3.8, 4) is 0 Å². The number of nitrogens with zero attached hydrogens (tertiary/aromatic N) is 6. The summed E-state index contributed by atoms with van der Waals surface area (Å²) in [5.74, 6) is 1.55. The molecule has 0 atom stereocenters. The van der Waals surface area contributed by atoms with Crippen LogP contribution in [0.15, 0.2) is 54.7 Å². The molecule has 45 heavy (non-hydrogen) atoms. The topological polar surface area (TPSA) is 136 Å². The summed E-state index contributed by atoms with van der Waals surface area (Å²) < 4.78 is 0. The Balaban J connectivity index is 1.03. The van der Waals surface area contributed by atoms with E-state index in [0.29, 0.717) is 45.3 Å². The third-order valence-corrected chi connectivity index (χ3v) is 8.88. The van der Waals surface area contributed by atoms with E-state index in [-0.39, 0.29) is 17.8 Å². The van der Waals surface area contributed by atoms with E-state index < -0.39 is 0 Å². The van der Waals surface area contributed by atoms with Crippen LogP contribution in [-0.4, -0.2) is 70.4 Å². The molecule has 4 heterocycles. The number of carbonyl (C=O) groups is 3. The Morgan fingerprint density at radius 3 is 2.53 bits per heavy atom. The van der Waals surface area contributed by atoms with Gasteiger partial charge in [0.25, 0.3) is 5.91 Å². The van der Waals surface area contributed by atoms with Gasteiger partial charge in [-0.05, 0) is 43.2 Å². The van der Waals surface area contributed by atoms with E-state index in [9.17, 15) is 14.4 Å². The predicted molar refractivity (Wildman–Crippen MR) is 176 cm³/mol. The Morgan fingerprint density at radius 2 is 1.80 bits per heavy atom. The highest BCUT2D eigenvalue weighted by Crippen LogP contribution is 2.29. The smallest absolute Gasteiger partial charge is 0.328 e. The number of para-hydroxylation sites is 1. The van der Waals surface area contributed by atoms with E-state index in [4.69, 9.17) is 11.6 Å². The first-order valence-corrected chi connectivity index (χ1v) is 15.7. The van der Waals surface area contributed by atoms with Crippen molar-refractivity contribution in [1.82, 2.24) is 25.2 Å². The third-order valence-electron chi connectivity index (χ3n) is 7.65. The van der Waals surface area contributed by atoms with Crippen molar-refractivity contribution in [2.24, 2.45) is 0 Å². The SMILES string of the molecule is Cc1nc(Nc2ncc(C(=O)Nc3c(C)cccc3Cl)s2)cc(N2CCN(Cc3ccc(N4CCC(=O)NC4=O)cc3)CC2)n1. The molecule has 0 radical (unpaired) electrons. The maximum absolute atomic E-state index is 12.9. The van der Waals surface area contributed by atoms with Crippen LogP contribution in [0.25, 0.3) is 0 Å². The van der Waals surface area contributed by atoms with Crippen molar-refractivity contribution >= 4 is 68.9 Å². The van der Waals surface area contributed by atoms with Crippen molar-refractivity contribution < 1.29 is 14.4 Å². The summed E-state index contributed by atoms with van der Waals surface area (Å²) in [6.07, 6.45) is 1.83. The normalized spacial score (nSPS) is 15.6. The molecule has 0 aliphatic carbocycles. The Morgan fingerprint density at radius 1 is 1.02 bits per heavy atom. The van der Waals surface area contributed by atoms with Crippen LogP contribution < -0.4 is 25.8 Å². The number of hydrogen-bond acceptors (Lipinski definition) is 10. The first-order valence-electron chi connectivity index (χ1n) is 14.5. The van der Waals surface area contributed by atoms with Gasteiger partial charge in [0.05, 0.1) is 16.9 Å². The van der Waals surface area contributed by atoms with Crippen LogP contribution in [0.5, 0.6) is 0 Å². The molecule has 4 aromatic rings. The molecule has 2 saturated heterocycles. The van der Waals surface area contributed by atoms with Crippen molar-refractivity contribution in [1.29, 1.82) is 0 Å². The molecule has 14 heteroatoms. The van der Waals surface area contributed by atoms with Crippen molar-refractivity contribution in [3.63, 3.8) is 0 Å². The Hall–Kier alpha value is -4.59. The van der Waals surface area contributed by atoms with Gasteiger partial charge in [0.1, 0.15) is 22.3 Å². The molecule has 2 aromatic heterocycles. The molecule has 3 N–H and O–H groups in total. The number of hydrogen-bond donors (Lipinski definition) is 3. The lowest BCUT2D eigenvalue weighted by molar-refractivity contribution is -0.120. The lowest BCUT2D eigenvalue weighted by Crippen LogP contribution is -2.49. The molecule has 4 amide bonds. The second-order valence-electron chi connectivity index (χ2n) is 10.9. The first kappa shape index (κ1) is 30.4. The van der Waals surface area contributed by atoms with Crippen LogP contribution in [0.2, 0.25) is 5.02 Å². The van der Waals surface area contributed by atoms with E-state index in [1.54, 1.807) is 11.0 Å². The van der Waals surface area contributed by atoms with Gasteiger partial charge in [0.2, 0.25) is 5.91 Å². The van der Waals surface area contributed by atoms with E-state index >= 15 is 0 Å². The number of rotatable bonds is 8. The van der Waals surface area contributed by atoms with Gasteiger partial charge >= 0.3 is 6.03 Å². The second-order valence-corrected chi connectivity index (χ2v) is 12.3. The van der Waals surface area contributed by atoms with Gasteiger partial charge in [-0.25, -0.2) is 19.7 Å². The number of benzene rings is 2. The van der Waals surface area contributed by atoms with Crippen LogP contribution in [0.4, 0.5) is 32.9 Å². The summed E-state index contributed by atoms with van der Waals surface area (Å²) in [4.78, 5) is 56.7. The summed E-state index contributed by atoms with van der Waals surface area (Å²) in [5, 5.41) is 9.50. The van der Waals surface area contributed by atoms with Gasteiger partial charge in [-0.1, -0.05) is 47.2 Å². The molecule has 2 fully saturated rings. The number of nitrogens with one attached hydrogen (secondary N) is 3. The van der Waals surface area contributed by atoms with Gasteiger partial charge in [0.15, 0.2) is 5.13 Å². The number of anilines is 5. The van der Waals surface area contributed by atoms with Crippen molar-refractivity contribution in [3.05, 3.63) is 81.6 Å². The van der Waals surface area contributed by atoms with Crippen molar-refractivity contribution in [2.75, 3.05) is 53.2 Å². The number of amides is 4. The highest BCUT2D eigenvalue weighted by molar-refractivity contribution is 7.17. The van der Waals surface area contributed by atoms with Gasteiger partial charge in [-0.15, -0.1) is 0 Å². The quantitative estimate of drug-likeness (QED) is 0.243. The first-order chi connectivity index (χ1) is 21.7. The molecule has 2 aliphatic heterocycles. The molecule has 0 saturated carbocycles. The molecule has 12 nitrogen and oxygen atoms in total. The van der Waals surface area contributed by atoms with Gasteiger partial charge in [-0.3, -0.25) is 24.7 Å². The molecule has 0 unspecified atom stereocenters.